The summed E-state index contributed by atoms with van der Waals surface area (Å²) in [6, 6.07) is 10.4. The maximum atomic E-state index is 9.22. The fraction of sp³-hybridized carbons (Fsp3) is 0.625. The Morgan fingerprint density at radius 2 is 2.10 bits per heavy atom. The third kappa shape index (κ3) is 4.03. The highest BCUT2D eigenvalue weighted by atomic mass is 16.7. The van der Waals surface area contributed by atoms with Crippen LogP contribution in [0.1, 0.15) is 37.9 Å². The Hall–Kier alpha value is -0.940. The zero-order valence-electron chi connectivity index (χ0n) is 12.3. The quantitative estimate of drug-likeness (QED) is 0.838. The third-order valence-corrected chi connectivity index (χ3v) is 3.85. The van der Waals surface area contributed by atoms with Crippen LogP contribution in [0.2, 0.25) is 0 Å². The van der Waals surface area contributed by atoms with Crippen LogP contribution in [-0.4, -0.2) is 37.2 Å². The second kappa shape index (κ2) is 7.74. The molecular formula is C16H25NO3. The van der Waals surface area contributed by atoms with Crippen molar-refractivity contribution in [2.24, 2.45) is 0 Å². The van der Waals surface area contributed by atoms with Crippen molar-refractivity contribution in [3.05, 3.63) is 35.9 Å². The van der Waals surface area contributed by atoms with Gasteiger partial charge in [-0.25, -0.2) is 0 Å². The second-order valence-corrected chi connectivity index (χ2v) is 5.35. The number of hydrogen-bond acceptors (Lipinski definition) is 4. The molecule has 112 valence electrons. The molecule has 1 aromatic carbocycles. The average molecular weight is 279 g/mol. The lowest BCUT2D eigenvalue weighted by Gasteiger charge is -2.34. The number of benzene rings is 1. The first-order valence-electron chi connectivity index (χ1n) is 7.38. The zero-order chi connectivity index (χ0) is 14.4. The van der Waals surface area contributed by atoms with Crippen molar-refractivity contribution in [2.75, 3.05) is 13.7 Å². The molecule has 4 atom stereocenters. The lowest BCUT2D eigenvalue weighted by molar-refractivity contribution is -0.226. The number of aliphatic hydroxyl groups excluding tert-OH is 1. The highest BCUT2D eigenvalue weighted by Gasteiger charge is 2.28. The number of ether oxygens (including phenoxy) is 2. The lowest BCUT2D eigenvalue weighted by atomic mass is 10.0. The van der Waals surface area contributed by atoms with Gasteiger partial charge in [-0.05, 0) is 38.8 Å². The number of likely N-dealkylation sites (N-methyl/N-ethyl adjacent to an activating group) is 1. The summed E-state index contributed by atoms with van der Waals surface area (Å²) in [5.41, 5.74) is 1.14. The molecule has 0 amide bonds. The van der Waals surface area contributed by atoms with Gasteiger partial charge in [0.1, 0.15) is 6.10 Å². The SMILES string of the molecule is CN[C@H](C)[C@@H](OC1CCCC(CO)O1)c1ccccc1. The van der Waals surface area contributed by atoms with Crippen molar-refractivity contribution in [3.8, 4) is 0 Å². The molecule has 1 aliphatic heterocycles. The standard InChI is InChI=1S/C16H25NO3/c1-12(17-2)16(13-7-4-3-5-8-13)20-15-10-6-9-14(11-18)19-15/h3-5,7-8,12,14-18H,6,9-11H2,1-2H3/t12-,14?,15?,16-/m1/s1. The molecule has 0 spiro atoms. The van der Waals surface area contributed by atoms with E-state index in [9.17, 15) is 5.11 Å². The summed E-state index contributed by atoms with van der Waals surface area (Å²) >= 11 is 0. The fourth-order valence-electron chi connectivity index (χ4n) is 2.54. The van der Waals surface area contributed by atoms with Crippen LogP contribution in [-0.2, 0) is 9.47 Å². The first kappa shape index (κ1) is 15.4. The molecule has 1 saturated heterocycles. The maximum absolute atomic E-state index is 9.22. The van der Waals surface area contributed by atoms with Crippen molar-refractivity contribution in [2.45, 2.75) is 50.7 Å². The van der Waals surface area contributed by atoms with Gasteiger partial charge in [0.15, 0.2) is 6.29 Å². The van der Waals surface area contributed by atoms with E-state index in [-0.39, 0.29) is 31.1 Å². The minimum absolute atomic E-state index is 0.0522. The van der Waals surface area contributed by atoms with E-state index in [0.717, 1.165) is 24.8 Å². The maximum Gasteiger partial charge on any atom is 0.158 e. The molecular weight excluding hydrogens is 254 g/mol. The summed E-state index contributed by atoms with van der Waals surface area (Å²) in [7, 11) is 1.93. The Bertz CT molecular complexity index is 385. The van der Waals surface area contributed by atoms with Gasteiger partial charge >= 0.3 is 0 Å². The van der Waals surface area contributed by atoms with Crippen molar-refractivity contribution in [3.63, 3.8) is 0 Å². The minimum Gasteiger partial charge on any atom is -0.394 e. The topological polar surface area (TPSA) is 50.7 Å². The van der Waals surface area contributed by atoms with Gasteiger partial charge in [0.25, 0.3) is 0 Å². The fourth-order valence-corrected chi connectivity index (χ4v) is 2.54. The van der Waals surface area contributed by atoms with Crippen LogP contribution >= 0.6 is 0 Å². The lowest BCUT2D eigenvalue weighted by Crippen LogP contribution is -2.37. The van der Waals surface area contributed by atoms with Crippen LogP contribution in [0, 0.1) is 0 Å². The van der Waals surface area contributed by atoms with Gasteiger partial charge in [-0.3, -0.25) is 0 Å². The Balaban J connectivity index is 2.04. The van der Waals surface area contributed by atoms with Gasteiger partial charge in [-0.2, -0.15) is 0 Å². The van der Waals surface area contributed by atoms with Crippen LogP contribution in [0.5, 0.6) is 0 Å². The molecule has 1 heterocycles. The second-order valence-electron chi connectivity index (χ2n) is 5.35. The normalized spacial score (nSPS) is 26.1. The third-order valence-electron chi connectivity index (χ3n) is 3.85. The minimum atomic E-state index is -0.234. The molecule has 2 unspecified atom stereocenters. The predicted molar refractivity (Wildman–Crippen MR) is 78.4 cm³/mol. The summed E-state index contributed by atoms with van der Waals surface area (Å²) in [4.78, 5) is 0. The van der Waals surface area contributed by atoms with E-state index in [1.165, 1.54) is 0 Å². The molecule has 1 aliphatic rings. The summed E-state index contributed by atoms with van der Waals surface area (Å²) in [5.74, 6) is 0. The summed E-state index contributed by atoms with van der Waals surface area (Å²) in [5, 5.41) is 12.5. The van der Waals surface area contributed by atoms with E-state index in [0.29, 0.717) is 0 Å². The van der Waals surface area contributed by atoms with Crippen LogP contribution < -0.4 is 5.32 Å². The Morgan fingerprint density at radius 3 is 2.75 bits per heavy atom. The highest BCUT2D eigenvalue weighted by molar-refractivity contribution is 5.19. The molecule has 2 rings (SSSR count). The number of nitrogens with one attached hydrogen (secondary N) is 1. The molecule has 0 bridgehead atoms. The zero-order valence-corrected chi connectivity index (χ0v) is 12.3. The molecule has 0 saturated carbocycles. The van der Waals surface area contributed by atoms with Crippen LogP contribution in [0.25, 0.3) is 0 Å². The molecule has 1 aromatic rings. The van der Waals surface area contributed by atoms with Crippen molar-refractivity contribution < 1.29 is 14.6 Å². The molecule has 2 N–H and O–H groups in total. The predicted octanol–water partition coefficient (Wildman–Crippen LogP) is 2.24. The molecule has 1 fully saturated rings. The van der Waals surface area contributed by atoms with E-state index < -0.39 is 0 Å². The Morgan fingerprint density at radius 1 is 1.35 bits per heavy atom. The Kier molecular flexibility index (Phi) is 5.98. The monoisotopic (exact) mass is 279 g/mol. The number of aliphatic hydroxyl groups is 1. The van der Waals surface area contributed by atoms with Crippen LogP contribution in [0.4, 0.5) is 0 Å². The van der Waals surface area contributed by atoms with E-state index in [1.807, 2.05) is 25.2 Å². The first-order chi connectivity index (χ1) is 9.74. The summed E-state index contributed by atoms with van der Waals surface area (Å²) in [6.45, 7) is 2.17. The molecule has 0 aromatic heterocycles. The van der Waals surface area contributed by atoms with Crippen LogP contribution in [0.15, 0.2) is 30.3 Å². The van der Waals surface area contributed by atoms with Crippen LogP contribution in [0.3, 0.4) is 0 Å². The van der Waals surface area contributed by atoms with Gasteiger partial charge < -0.3 is 19.9 Å². The van der Waals surface area contributed by atoms with E-state index >= 15 is 0 Å². The number of rotatable bonds is 6. The summed E-state index contributed by atoms with van der Waals surface area (Å²) < 4.78 is 11.9. The molecule has 4 nitrogen and oxygen atoms in total. The first-order valence-corrected chi connectivity index (χ1v) is 7.38. The largest absolute Gasteiger partial charge is 0.394 e. The highest BCUT2D eigenvalue weighted by Crippen LogP contribution is 2.28. The van der Waals surface area contributed by atoms with Crippen molar-refractivity contribution in [1.29, 1.82) is 0 Å². The van der Waals surface area contributed by atoms with E-state index in [1.54, 1.807) is 0 Å². The smallest absolute Gasteiger partial charge is 0.158 e. The van der Waals surface area contributed by atoms with Gasteiger partial charge in [-0.1, -0.05) is 30.3 Å². The van der Waals surface area contributed by atoms with Gasteiger partial charge in [0.2, 0.25) is 0 Å². The number of hydrogen-bond donors (Lipinski definition) is 2. The van der Waals surface area contributed by atoms with Gasteiger partial charge in [-0.15, -0.1) is 0 Å². The molecule has 0 aliphatic carbocycles. The van der Waals surface area contributed by atoms with Crippen molar-refractivity contribution >= 4 is 0 Å². The van der Waals surface area contributed by atoms with E-state index in [4.69, 9.17) is 9.47 Å². The molecule has 20 heavy (non-hydrogen) atoms. The molecule has 4 heteroatoms. The Labute approximate surface area is 121 Å². The van der Waals surface area contributed by atoms with Gasteiger partial charge in [0.05, 0.1) is 12.7 Å². The summed E-state index contributed by atoms with van der Waals surface area (Å²) in [6.07, 6.45) is 2.45. The van der Waals surface area contributed by atoms with Crippen molar-refractivity contribution in [1.82, 2.24) is 5.32 Å². The van der Waals surface area contributed by atoms with Gasteiger partial charge in [0, 0.05) is 6.04 Å². The average Bonchev–Trinajstić information content (AvgIpc) is 2.53. The molecule has 0 radical (unpaired) electrons. The van der Waals surface area contributed by atoms with E-state index in [2.05, 4.69) is 24.4 Å².